The zero-order valence-corrected chi connectivity index (χ0v) is 12.6. The Labute approximate surface area is 134 Å². The van der Waals surface area contributed by atoms with Crippen LogP contribution in [-0.4, -0.2) is 24.4 Å². The molecule has 116 valence electrons. The summed E-state index contributed by atoms with van der Waals surface area (Å²) in [6, 6.07) is 10.7. The largest absolute Gasteiger partial charge is 0.504 e. The molecule has 0 bridgehead atoms. The molecule has 0 spiro atoms. The molecule has 2 aromatic rings. The molecule has 1 saturated heterocycles. The number of phenols is 1. The van der Waals surface area contributed by atoms with Crippen molar-refractivity contribution < 1.29 is 9.50 Å². The van der Waals surface area contributed by atoms with Crippen LogP contribution in [0.3, 0.4) is 0 Å². The number of nitrogens with one attached hydrogen (secondary N) is 1. The molecule has 0 aliphatic carbocycles. The van der Waals surface area contributed by atoms with Gasteiger partial charge < -0.3 is 15.4 Å². The van der Waals surface area contributed by atoms with E-state index >= 15 is 0 Å². The van der Waals surface area contributed by atoms with E-state index < -0.39 is 11.6 Å². The lowest BCUT2D eigenvalue weighted by molar-refractivity contribution is 0.431. The van der Waals surface area contributed by atoms with Gasteiger partial charge in [0.05, 0.1) is 0 Å². The van der Waals surface area contributed by atoms with Gasteiger partial charge in [0.15, 0.2) is 11.6 Å². The van der Waals surface area contributed by atoms with Gasteiger partial charge in [-0.05, 0) is 49.2 Å². The van der Waals surface area contributed by atoms with E-state index in [-0.39, 0.29) is 5.56 Å². The van der Waals surface area contributed by atoms with Crippen LogP contribution in [0.2, 0.25) is 0 Å². The number of rotatable bonds is 2. The maximum Gasteiger partial charge on any atom is 0.166 e. The van der Waals surface area contributed by atoms with Gasteiger partial charge >= 0.3 is 0 Å². The Bertz CT molecular complexity index is 781. The van der Waals surface area contributed by atoms with E-state index in [1.165, 1.54) is 30.7 Å². The zero-order valence-electron chi connectivity index (χ0n) is 12.6. The monoisotopic (exact) mass is 308 g/mol. The summed E-state index contributed by atoms with van der Waals surface area (Å²) in [5.74, 6) is 4.58. The molecule has 0 unspecified atom stereocenters. The van der Waals surface area contributed by atoms with Crippen LogP contribution < -0.4 is 4.90 Å². The molecule has 1 fully saturated rings. The molecule has 2 N–H and O–H groups in total. The van der Waals surface area contributed by atoms with Gasteiger partial charge in [-0.15, -0.1) is 0 Å². The van der Waals surface area contributed by atoms with Gasteiger partial charge in [-0.1, -0.05) is 11.8 Å². The van der Waals surface area contributed by atoms with Crippen LogP contribution in [-0.2, 0) is 0 Å². The van der Waals surface area contributed by atoms with Crippen molar-refractivity contribution in [1.29, 1.82) is 5.41 Å². The van der Waals surface area contributed by atoms with Crippen molar-refractivity contribution >= 4 is 11.9 Å². The lowest BCUT2D eigenvalue weighted by atomic mass is 10.1. The molecule has 0 amide bonds. The number of aromatic hydroxyl groups is 1. The van der Waals surface area contributed by atoms with Crippen molar-refractivity contribution in [3.63, 3.8) is 0 Å². The minimum Gasteiger partial charge on any atom is -0.504 e. The number of nitrogens with zero attached hydrogens (tertiary/aromatic N) is 1. The highest BCUT2D eigenvalue weighted by Gasteiger charge is 2.11. The summed E-state index contributed by atoms with van der Waals surface area (Å²) in [6.07, 6.45) is 3.39. The summed E-state index contributed by atoms with van der Waals surface area (Å²) in [7, 11) is 0. The van der Waals surface area contributed by atoms with Crippen molar-refractivity contribution in [2.45, 2.75) is 12.8 Å². The first-order chi connectivity index (χ1) is 11.2. The number of hydrogen-bond acceptors (Lipinski definition) is 3. The van der Waals surface area contributed by atoms with Crippen LogP contribution in [0.4, 0.5) is 10.1 Å². The predicted octanol–water partition coefficient (Wildman–Crippen LogP) is 3.53. The quantitative estimate of drug-likeness (QED) is 0.658. The van der Waals surface area contributed by atoms with Gasteiger partial charge in [-0.25, -0.2) is 4.39 Å². The van der Waals surface area contributed by atoms with Crippen molar-refractivity contribution in [2.75, 3.05) is 18.0 Å². The van der Waals surface area contributed by atoms with Crippen LogP contribution in [0.25, 0.3) is 0 Å². The van der Waals surface area contributed by atoms with Gasteiger partial charge in [0.25, 0.3) is 0 Å². The maximum absolute atomic E-state index is 13.6. The summed E-state index contributed by atoms with van der Waals surface area (Å²) >= 11 is 0. The SMILES string of the molecule is N=Cc1cc(C#Cc2ccc(N3CCCC3)cc2)cc(F)c1O. The third kappa shape index (κ3) is 3.35. The van der Waals surface area contributed by atoms with Crippen molar-refractivity contribution in [3.05, 3.63) is 58.9 Å². The van der Waals surface area contributed by atoms with Gasteiger partial charge in [-0.2, -0.15) is 0 Å². The first kappa shape index (κ1) is 15.1. The van der Waals surface area contributed by atoms with E-state index in [0.29, 0.717) is 5.56 Å². The fraction of sp³-hybridized carbons (Fsp3) is 0.211. The number of hydrogen-bond donors (Lipinski definition) is 2. The number of anilines is 1. The molecule has 3 nitrogen and oxygen atoms in total. The number of phenolic OH excluding ortho intramolecular Hbond substituents is 1. The number of halogens is 1. The van der Waals surface area contributed by atoms with Crippen LogP contribution in [0, 0.1) is 23.1 Å². The second kappa shape index (κ2) is 6.53. The Hall–Kier alpha value is -2.80. The summed E-state index contributed by atoms with van der Waals surface area (Å²) in [5, 5.41) is 16.6. The van der Waals surface area contributed by atoms with Crippen molar-refractivity contribution in [1.82, 2.24) is 0 Å². The Morgan fingerprint density at radius 2 is 1.70 bits per heavy atom. The van der Waals surface area contributed by atoms with Gasteiger partial charge in [0, 0.05) is 41.7 Å². The zero-order chi connectivity index (χ0) is 16.2. The average Bonchev–Trinajstić information content (AvgIpc) is 3.11. The Morgan fingerprint density at radius 1 is 1.04 bits per heavy atom. The molecule has 1 aliphatic rings. The van der Waals surface area contributed by atoms with E-state index in [1.54, 1.807) is 0 Å². The minimum absolute atomic E-state index is 0.124. The van der Waals surface area contributed by atoms with Crippen molar-refractivity contribution in [2.24, 2.45) is 0 Å². The molecule has 1 aliphatic heterocycles. The lowest BCUT2D eigenvalue weighted by Gasteiger charge is -2.17. The maximum atomic E-state index is 13.6. The van der Waals surface area contributed by atoms with Gasteiger partial charge in [0.2, 0.25) is 0 Å². The third-order valence-electron chi connectivity index (χ3n) is 3.94. The lowest BCUT2D eigenvalue weighted by Crippen LogP contribution is -2.17. The standard InChI is InChI=1S/C19H17FN2O/c20-18-12-15(11-16(13-21)19(18)23)4-3-14-5-7-17(8-6-14)22-9-1-2-10-22/h5-8,11-13,21,23H,1-2,9-10H2. The van der Waals surface area contributed by atoms with Crippen LogP contribution >= 0.6 is 0 Å². The van der Waals surface area contributed by atoms with Crippen LogP contribution in [0.15, 0.2) is 36.4 Å². The third-order valence-corrected chi connectivity index (χ3v) is 3.94. The molecule has 2 aromatic carbocycles. The highest BCUT2D eigenvalue weighted by molar-refractivity contribution is 5.82. The van der Waals surface area contributed by atoms with E-state index in [4.69, 9.17) is 5.41 Å². The van der Waals surface area contributed by atoms with E-state index in [9.17, 15) is 9.50 Å². The average molecular weight is 308 g/mol. The first-order valence-corrected chi connectivity index (χ1v) is 7.57. The summed E-state index contributed by atoms with van der Waals surface area (Å²) in [4.78, 5) is 2.35. The molecule has 3 rings (SSSR count). The molecule has 4 heteroatoms. The smallest absolute Gasteiger partial charge is 0.166 e. The fourth-order valence-corrected chi connectivity index (χ4v) is 2.68. The second-order valence-corrected chi connectivity index (χ2v) is 5.53. The summed E-state index contributed by atoms with van der Waals surface area (Å²) in [5.41, 5.74) is 2.61. The van der Waals surface area contributed by atoms with Gasteiger partial charge in [-0.3, -0.25) is 0 Å². The molecule has 23 heavy (non-hydrogen) atoms. The molecule has 0 atom stereocenters. The van der Waals surface area contributed by atoms with E-state index in [2.05, 4.69) is 28.9 Å². The molecule has 0 radical (unpaired) electrons. The Kier molecular flexibility index (Phi) is 4.29. The molecular formula is C19H17FN2O. The first-order valence-electron chi connectivity index (χ1n) is 7.57. The highest BCUT2D eigenvalue weighted by Crippen LogP contribution is 2.22. The fourth-order valence-electron chi connectivity index (χ4n) is 2.68. The van der Waals surface area contributed by atoms with E-state index in [0.717, 1.165) is 24.9 Å². The topological polar surface area (TPSA) is 47.3 Å². The second-order valence-electron chi connectivity index (χ2n) is 5.53. The predicted molar refractivity (Wildman–Crippen MR) is 89.8 cm³/mol. The highest BCUT2D eigenvalue weighted by atomic mass is 19.1. The normalized spacial score (nSPS) is 13.5. The summed E-state index contributed by atoms with van der Waals surface area (Å²) in [6.45, 7) is 2.20. The minimum atomic E-state index is -0.764. The van der Waals surface area contributed by atoms with Crippen molar-refractivity contribution in [3.8, 4) is 17.6 Å². The molecular weight excluding hydrogens is 291 g/mol. The van der Waals surface area contributed by atoms with E-state index in [1.807, 2.05) is 12.1 Å². The van der Waals surface area contributed by atoms with Gasteiger partial charge in [0.1, 0.15) is 0 Å². The van der Waals surface area contributed by atoms with Crippen LogP contribution in [0.1, 0.15) is 29.5 Å². The van der Waals surface area contributed by atoms with Crippen LogP contribution in [0.5, 0.6) is 5.75 Å². The Morgan fingerprint density at radius 3 is 2.35 bits per heavy atom. The number of benzene rings is 2. The molecule has 0 saturated carbocycles. The Balaban J connectivity index is 1.81. The summed E-state index contributed by atoms with van der Waals surface area (Å²) < 4.78 is 13.6. The molecule has 0 aromatic heterocycles. The molecule has 1 heterocycles.